The van der Waals surface area contributed by atoms with Gasteiger partial charge in [0.2, 0.25) is 0 Å². The van der Waals surface area contributed by atoms with Crippen molar-refractivity contribution in [1.82, 2.24) is 0 Å². The Morgan fingerprint density at radius 3 is 2.83 bits per heavy atom. The van der Waals surface area contributed by atoms with Crippen LogP contribution in [0.15, 0.2) is 12.3 Å². The Labute approximate surface area is 38.4 Å². The second-order valence-corrected chi connectivity index (χ2v) is 1.28. The minimum Gasteiger partial charge on any atom is -0.508 e. The Balaban J connectivity index is 2.32. The molecule has 1 unspecified atom stereocenters. The highest BCUT2D eigenvalue weighted by Crippen LogP contribution is 2.02. The van der Waals surface area contributed by atoms with Crippen LogP contribution in [0, 0.1) is 0 Å². The van der Waals surface area contributed by atoms with E-state index in [1.807, 2.05) is 6.08 Å². The Kier molecular flexibility index (Phi) is 0.865. The molecule has 6 heavy (non-hydrogen) atoms. The zero-order chi connectivity index (χ0) is 4.41. The molecule has 0 saturated heterocycles. The number of rotatable bonds is 0. The fourth-order valence-corrected chi connectivity index (χ4v) is 0.402. The molecule has 1 nitrogen and oxygen atoms in total. The maximum atomic E-state index is 5.25. The van der Waals surface area contributed by atoms with Crippen molar-refractivity contribution in [2.45, 2.75) is 12.4 Å². The summed E-state index contributed by atoms with van der Waals surface area (Å²) in [5.41, 5.74) is 0. The summed E-state index contributed by atoms with van der Waals surface area (Å²) < 4.78 is 4.75. The summed E-state index contributed by atoms with van der Waals surface area (Å²) in [6.07, 6.45) is 4.40. The highest BCUT2D eigenvalue weighted by Gasteiger charge is 2.00. The molecule has 0 saturated carbocycles. The Bertz CT molecular complexity index is 61.9. The lowest BCUT2D eigenvalue weighted by Gasteiger charge is -1.97. The second-order valence-electron chi connectivity index (χ2n) is 1.28. The van der Waals surface area contributed by atoms with Gasteiger partial charge in [0.15, 0.2) is 0 Å². The largest absolute Gasteiger partial charge is 0.508 e. The van der Waals surface area contributed by atoms with Crippen LogP contribution < -0.4 is 0 Å². The predicted molar refractivity (Wildman–Crippen MR) is 24.4 cm³/mol. The average molecular weight is 79.9 g/mol. The Morgan fingerprint density at radius 2 is 2.67 bits per heavy atom. The van der Waals surface area contributed by atoms with Crippen LogP contribution in [-0.4, -0.2) is 13.8 Å². The van der Waals surface area contributed by atoms with Crippen LogP contribution in [0.1, 0.15) is 6.42 Å². The van der Waals surface area contributed by atoms with Gasteiger partial charge < -0.3 is 4.74 Å². The number of hydrogen-bond acceptors (Lipinski definition) is 1. The van der Waals surface area contributed by atoms with E-state index in [1.165, 1.54) is 0 Å². The highest BCUT2D eigenvalue weighted by atomic mass is 16.5. The molecule has 0 fully saturated rings. The molecule has 0 N–H and O–H groups in total. The van der Waals surface area contributed by atoms with Crippen molar-refractivity contribution in [1.29, 1.82) is 0 Å². The molecule has 0 aromatic rings. The minimum atomic E-state index is -0.0648. The third kappa shape index (κ3) is 0.561. The Morgan fingerprint density at radius 1 is 1.83 bits per heavy atom. The number of hydrogen-bond donors (Lipinski definition) is 0. The van der Waals surface area contributed by atoms with Gasteiger partial charge in [-0.3, -0.25) is 0 Å². The molecule has 1 atom stereocenters. The van der Waals surface area contributed by atoms with E-state index in [1.54, 1.807) is 6.26 Å². The molecule has 1 heterocycles. The molecular formula is C4H5BO. The average Bonchev–Trinajstić information content (AvgIpc) is 1.86. The summed E-state index contributed by atoms with van der Waals surface area (Å²) in [4.78, 5) is 0. The van der Waals surface area contributed by atoms with E-state index in [-0.39, 0.29) is 6.00 Å². The molecule has 2 radical (unpaired) electrons. The van der Waals surface area contributed by atoms with Gasteiger partial charge in [-0.2, -0.15) is 0 Å². The molecule has 0 aromatic carbocycles. The zero-order valence-corrected chi connectivity index (χ0v) is 3.42. The van der Waals surface area contributed by atoms with Crippen LogP contribution in [0.4, 0.5) is 0 Å². The van der Waals surface area contributed by atoms with Gasteiger partial charge >= 0.3 is 0 Å². The first-order chi connectivity index (χ1) is 2.89. The van der Waals surface area contributed by atoms with Crippen molar-refractivity contribution in [2.75, 3.05) is 0 Å². The summed E-state index contributed by atoms with van der Waals surface area (Å²) in [5.74, 6) is 0. The third-order valence-corrected chi connectivity index (χ3v) is 0.718. The van der Waals surface area contributed by atoms with Gasteiger partial charge in [-0.25, -0.2) is 0 Å². The monoisotopic (exact) mass is 80.0 g/mol. The highest BCUT2D eigenvalue weighted by molar-refractivity contribution is 6.11. The van der Waals surface area contributed by atoms with Gasteiger partial charge in [0, 0.05) is 0 Å². The van der Waals surface area contributed by atoms with Crippen LogP contribution in [-0.2, 0) is 4.74 Å². The lowest BCUT2D eigenvalue weighted by Crippen LogP contribution is -2.01. The molecule has 0 aromatic heterocycles. The maximum Gasteiger partial charge on any atom is 0.127 e. The van der Waals surface area contributed by atoms with E-state index in [0.29, 0.717) is 0 Å². The topological polar surface area (TPSA) is 9.23 Å². The summed E-state index contributed by atoms with van der Waals surface area (Å²) in [5, 5.41) is 0. The molecule has 30 valence electrons. The first-order valence-corrected chi connectivity index (χ1v) is 1.95. The van der Waals surface area contributed by atoms with Gasteiger partial charge in [-0.1, -0.05) is 0 Å². The van der Waals surface area contributed by atoms with Crippen molar-refractivity contribution in [2.24, 2.45) is 0 Å². The lowest BCUT2D eigenvalue weighted by molar-refractivity contribution is 0.243. The van der Waals surface area contributed by atoms with Crippen LogP contribution >= 0.6 is 0 Å². The van der Waals surface area contributed by atoms with Gasteiger partial charge in [-0.05, 0) is 12.5 Å². The molecule has 0 bridgehead atoms. The smallest absolute Gasteiger partial charge is 0.127 e. The standard InChI is InChI=1S/C4H5BO/c5-4-2-1-3-6-4/h1,3-4H,2H2. The van der Waals surface area contributed by atoms with E-state index >= 15 is 0 Å². The summed E-state index contributed by atoms with van der Waals surface area (Å²) in [6.45, 7) is 0. The molecule has 2 heteroatoms. The van der Waals surface area contributed by atoms with Crippen LogP contribution in [0.3, 0.4) is 0 Å². The Hall–Kier alpha value is -0.395. The fraction of sp³-hybridized carbons (Fsp3) is 0.500. The fourth-order valence-electron chi connectivity index (χ4n) is 0.402. The van der Waals surface area contributed by atoms with Crippen molar-refractivity contribution in [3.8, 4) is 0 Å². The normalized spacial score (nSPS) is 30.3. The molecule has 0 aliphatic carbocycles. The first-order valence-electron chi connectivity index (χ1n) is 1.95. The van der Waals surface area contributed by atoms with Gasteiger partial charge in [0.1, 0.15) is 7.85 Å². The SMILES string of the molecule is [B]C1CC=CO1. The number of ether oxygens (including phenoxy) is 1. The quantitative estimate of drug-likeness (QED) is 0.383. The molecule has 0 spiro atoms. The third-order valence-electron chi connectivity index (χ3n) is 0.718. The van der Waals surface area contributed by atoms with Gasteiger partial charge in [0.25, 0.3) is 0 Å². The van der Waals surface area contributed by atoms with Crippen LogP contribution in [0.2, 0.25) is 0 Å². The molecule has 1 aliphatic heterocycles. The molecule has 1 rings (SSSR count). The van der Waals surface area contributed by atoms with Gasteiger partial charge in [0.05, 0.1) is 12.3 Å². The van der Waals surface area contributed by atoms with Crippen molar-refractivity contribution in [3.05, 3.63) is 12.3 Å². The second kappa shape index (κ2) is 1.37. The summed E-state index contributed by atoms with van der Waals surface area (Å²) in [7, 11) is 5.25. The first kappa shape index (κ1) is 3.78. The maximum absolute atomic E-state index is 5.25. The van der Waals surface area contributed by atoms with E-state index in [4.69, 9.17) is 12.6 Å². The summed E-state index contributed by atoms with van der Waals surface area (Å²) >= 11 is 0. The predicted octanol–water partition coefficient (Wildman–Crippen LogP) is 0.415. The van der Waals surface area contributed by atoms with Crippen molar-refractivity contribution >= 4 is 7.85 Å². The zero-order valence-electron chi connectivity index (χ0n) is 3.42. The van der Waals surface area contributed by atoms with E-state index in [9.17, 15) is 0 Å². The van der Waals surface area contributed by atoms with E-state index in [2.05, 4.69) is 0 Å². The van der Waals surface area contributed by atoms with Gasteiger partial charge in [-0.15, -0.1) is 0 Å². The van der Waals surface area contributed by atoms with E-state index in [0.717, 1.165) is 6.42 Å². The molecular weight excluding hydrogens is 74.9 g/mol. The van der Waals surface area contributed by atoms with Crippen molar-refractivity contribution < 1.29 is 4.74 Å². The van der Waals surface area contributed by atoms with Crippen molar-refractivity contribution in [3.63, 3.8) is 0 Å². The van der Waals surface area contributed by atoms with Crippen LogP contribution in [0.25, 0.3) is 0 Å². The molecule has 0 amide bonds. The summed E-state index contributed by atoms with van der Waals surface area (Å²) in [6, 6.07) is -0.0648. The van der Waals surface area contributed by atoms with E-state index < -0.39 is 0 Å². The minimum absolute atomic E-state index is 0.0648. The lowest BCUT2D eigenvalue weighted by atomic mass is 9.98. The van der Waals surface area contributed by atoms with Crippen LogP contribution in [0.5, 0.6) is 0 Å². The molecule has 1 aliphatic rings.